The number of aliphatic imine (C=N–C) groups is 1. The lowest BCUT2D eigenvalue weighted by Gasteiger charge is -2.39. The summed E-state index contributed by atoms with van der Waals surface area (Å²) in [5.41, 5.74) is 0. The summed E-state index contributed by atoms with van der Waals surface area (Å²) in [6, 6.07) is 0. The quantitative estimate of drug-likeness (QED) is 0.249. The molecule has 0 aromatic heterocycles. The van der Waals surface area contributed by atoms with E-state index in [4.69, 9.17) is 9.47 Å². The van der Waals surface area contributed by atoms with E-state index in [2.05, 4.69) is 36.0 Å². The van der Waals surface area contributed by atoms with Crippen LogP contribution < -0.4 is 5.32 Å². The molecule has 0 radical (unpaired) electrons. The number of guanidine groups is 1. The second-order valence-corrected chi connectivity index (χ2v) is 7.88. The van der Waals surface area contributed by atoms with Crippen LogP contribution in [0.3, 0.4) is 0 Å². The smallest absolute Gasteiger partial charge is 0.193 e. The third kappa shape index (κ3) is 10.7. The molecular formula is C16H34IN3O2S. The zero-order valence-corrected chi connectivity index (χ0v) is 18.2. The first kappa shape index (κ1) is 23.3. The maximum absolute atomic E-state index is 5.57. The Bertz CT molecular complexity index is 330. The molecular weight excluding hydrogens is 425 g/mol. The number of halogens is 1. The molecule has 1 heterocycles. The van der Waals surface area contributed by atoms with Gasteiger partial charge in [0.2, 0.25) is 0 Å². The molecule has 7 heteroatoms. The summed E-state index contributed by atoms with van der Waals surface area (Å²) in [7, 11) is 1.85. The molecule has 0 aromatic carbocycles. The van der Waals surface area contributed by atoms with Crippen LogP contribution in [-0.2, 0) is 9.47 Å². The van der Waals surface area contributed by atoms with E-state index >= 15 is 0 Å². The largest absolute Gasteiger partial charge is 0.379 e. The van der Waals surface area contributed by atoms with Crippen LogP contribution in [0, 0.1) is 0 Å². The van der Waals surface area contributed by atoms with Gasteiger partial charge in [-0.25, -0.2) is 0 Å². The molecule has 1 N–H and O–H groups in total. The van der Waals surface area contributed by atoms with Crippen LogP contribution in [0.25, 0.3) is 0 Å². The van der Waals surface area contributed by atoms with Crippen LogP contribution in [0.2, 0.25) is 0 Å². The van der Waals surface area contributed by atoms with Gasteiger partial charge < -0.3 is 19.7 Å². The predicted octanol–water partition coefficient (Wildman–Crippen LogP) is 2.84. The van der Waals surface area contributed by atoms with Gasteiger partial charge in [-0.2, -0.15) is 11.8 Å². The highest BCUT2D eigenvalue weighted by molar-refractivity contribution is 14.0. The van der Waals surface area contributed by atoms with Crippen LogP contribution in [-0.4, -0.2) is 74.5 Å². The van der Waals surface area contributed by atoms with E-state index in [9.17, 15) is 0 Å². The van der Waals surface area contributed by atoms with Gasteiger partial charge in [0.05, 0.1) is 19.8 Å². The van der Waals surface area contributed by atoms with Crippen LogP contribution in [0.4, 0.5) is 0 Å². The highest BCUT2D eigenvalue weighted by atomic mass is 127. The van der Waals surface area contributed by atoms with Gasteiger partial charge >= 0.3 is 0 Å². The summed E-state index contributed by atoms with van der Waals surface area (Å²) >= 11 is 2.03. The maximum atomic E-state index is 5.57. The van der Waals surface area contributed by atoms with Gasteiger partial charge in [-0.3, -0.25) is 4.99 Å². The Balaban J connectivity index is 0.00000484. The van der Waals surface area contributed by atoms with Gasteiger partial charge in [-0.15, -0.1) is 24.0 Å². The van der Waals surface area contributed by atoms with Crippen LogP contribution in [0.1, 0.15) is 33.6 Å². The molecule has 1 saturated heterocycles. The molecule has 1 fully saturated rings. The molecule has 1 rings (SSSR count). The molecule has 5 nitrogen and oxygen atoms in total. The molecule has 0 bridgehead atoms. The van der Waals surface area contributed by atoms with Crippen molar-refractivity contribution in [3.8, 4) is 0 Å². The number of nitrogens with zero attached hydrogens (tertiary/aromatic N) is 2. The molecule has 0 amide bonds. The van der Waals surface area contributed by atoms with Crippen molar-refractivity contribution in [3.63, 3.8) is 0 Å². The van der Waals surface area contributed by atoms with Crippen molar-refractivity contribution in [1.82, 2.24) is 10.2 Å². The zero-order valence-electron chi connectivity index (χ0n) is 15.1. The minimum absolute atomic E-state index is 0. The van der Waals surface area contributed by atoms with E-state index < -0.39 is 0 Å². The normalized spacial score (nSPS) is 17.7. The SMILES string of the molecule is CCCCOCCOCCNC(=NC)N1CCSC(C)(C)C1.I. The van der Waals surface area contributed by atoms with Crippen LogP contribution >= 0.6 is 35.7 Å². The molecule has 1 aliphatic heterocycles. The maximum Gasteiger partial charge on any atom is 0.193 e. The molecule has 0 aromatic rings. The molecule has 0 unspecified atom stereocenters. The molecule has 138 valence electrons. The zero-order chi connectivity index (χ0) is 16.3. The average Bonchev–Trinajstić information content (AvgIpc) is 2.48. The Hall–Kier alpha value is 0.270. The van der Waals surface area contributed by atoms with Gasteiger partial charge in [-0.05, 0) is 20.3 Å². The number of ether oxygens (including phenoxy) is 2. The first-order chi connectivity index (χ1) is 10.6. The lowest BCUT2D eigenvalue weighted by molar-refractivity contribution is 0.0486. The molecule has 0 atom stereocenters. The van der Waals surface area contributed by atoms with Crippen molar-refractivity contribution in [2.24, 2.45) is 4.99 Å². The summed E-state index contributed by atoms with van der Waals surface area (Å²) in [4.78, 5) is 6.72. The third-order valence-corrected chi connectivity index (χ3v) is 4.78. The number of rotatable bonds is 9. The monoisotopic (exact) mass is 459 g/mol. The number of hydrogen-bond acceptors (Lipinski definition) is 4. The van der Waals surface area contributed by atoms with Gasteiger partial charge in [0, 0.05) is 43.8 Å². The van der Waals surface area contributed by atoms with Gasteiger partial charge in [0.15, 0.2) is 5.96 Å². The Kier molecular flexibility index (Phi) is 13.7. The van der Waals surface area contributed by atoms with E-state index in [1.54, 1.807) is 0 Å². The van der Waals surface area contributed by atoms with Crippen molar-refractivity contribution in [3.05, 3.63) is 0 Å². The summed E-state index contributed by atoms with van der Waals surface area (Å²) in [6.07, 6.45) is 2.30. The summed E-state index contributed by atoms with van der Waals surface area (Å²) in [6.45, 7) is 12.5. The van der Waals surface area contributed by atoms with E-state index in [1.807, 2.05) is 18.8 Å². The van der Waals surface area contributed by atoms with Gasteiger partial charge in [0.1, 0.15) is 0 Å². The molecule has 0 saturated carbocycles. The van der Waals surface area contributed by atoms with Crippen molar-refractivity contribution in [1.29, 1.82) is 0 Å². The topological polar surface area (TPSA) is 46.1 Å². The van der Waals surface area contributed by atoms with Crippen molar-refractivity contribution >= 4 is 41.7 Å². The fourth-order valence-corrected chi connectivity index (χ4v) is 3.44. The first-order valence-corrected chi connectivity index (χ1v) is 9.32. The average molecular weight is 459 g/mol. The lowest BCUT2D eigenvalue weighted by Crippen LogP contribution is -2.51. The van der Waals surface area contributed by atoms with E-state index in [0.29, 0.717) is 24.6 Å². The van der Waals surface area contributed by atoms with E-state index in [1.165, 1.54) is 6.42 Å². The van der Waals surface area contributed by atoms with Gasteiger partial charge in [0.25, 0.3) is 0 Å². The summed E-state index contributed by atoms with van der Waals surface area (Å²) in [5.74, 6) is 2.13. The second-order valence-electron chi connectivity index (χ2n) is 6.08. The van der Waals surface area contributed by atoms with Crippen molar-refractivity contribution < 1.29 is 9.47 Å². The second kappa shape index (κ2) is 13.5. The van der Waals surface area contributed by atoms with Crippen LogP contribution in [0.5, 0.6) is 0 Å². The Morgan fingerprint density at radius 2 is 1.91 bits per heavy atom. The van der Waals surface area contributed by atoms with Crippen LogP contribution in [0.15, 0.2) is 4.99 Å². The Morgan fingerprint density at radius 3 is 2.52 bits per heavy atom. The molecule has 1 aliphatic rings. The highest BCUT2D eigenvalue weighted by Crippen LogP contribution is 2.29. The van der Waals surface area contributed by atoms with E-state index in [-0.39, 0.29) is 24.0 Å². The predicted molar refractivity (Wildman–Crippen MR) is 111 cm³/mol. The molecule has 0 spiro atoms. The Labute approximate surface area is 163 Å². The minimum Gasteiger partial charge on any atom is -0.379 e. The van der Waals surface area contributed by atoms with Crippen molar-refractivity contribution in [2.75, 3.05) is 58.9 Å². The Morgan fingerprint density at radius 1 is 1.22 bits per heavy atom. The lowest BCUT2D eigenvalue weighted by atomic mass is 10.2. The first-order valence-electron chi connectivity index (χ1n) is 8.34. The minimum atomic E-state index is 0. The highest BCUT2D eigenvalue weighted by Gasteiger charge is 2.28. The van der Waals surface area contributed by atoms with E-state index in [0.717, 1.165) is 44.4 Å². The third-order valence-electron chi connectivity index (χ3n) is 3.48. The van der Waals surface area contributed by atoms with Gasteiger partial charge in [-0.1, -0.05) is 13.3 Å². The van der Waals surface area contributed by atoms with Crippen molar-refractivity contribution in [2.45, 2.75) is 38.4 Å². The molecule has 0 aliphatic carbocycles. The fourth-order valence-electron chi connectivity index (χ4n) is 2.33. The fraction of sp³-hybridized carbons (Fsp3) is 0.938. The number of thioether (sulfide) groups is 1. The number of unbranched alkanes of at least 4 members (excludes halogenated alkanes) is 1. The standard InChI is InChI=1S/C16H33N3O2S.HI/c1-5-6-9-20-11-12-21-10-7-18-15(17-4)19-8-13-22-16(2,3)14-19;/h5-14H2,1-4H3,(H,17,18);1H. The number of nitrogens with one attached hydrogen (secondary N) is 1. The number of hydrogen-bond donors (Lipinski definition) is 1. The molecule has 23 heavy (non-hydrogen) atoms. The summed E-state index contributed by atoms with van der Waals surface area (Å²) < 4.78 is 11.3. The summed E-state index contributed by atoms with van der Waals surface area (Å²) in [5, 5.41) is 3.39.